The first kappa shape index (κ1) is 11.6. The number of nitrogens with zero attached hydrogens (tertiary/aromatic N) is 1. The second-order valence-electron chi connectivity index (χ2n) is 2.01. The van der Waals surface area contributed by atoms with Crippen LogP contribution in [-0.2, 0) is 0 Å². The van der Waals surface area contributed by atoms with Crippen molar-refractivity contribution in [2.75, 3.05) is 0 Å². The van der Waals surface area contributed by atoms with E-state index in [4.69, 9.17) is 10.2 Å². The maximum atomic E-state index is 10.4. The summed E-state index contributed by atoms with van der Waals surface area (Å²) in [5.74, 6) is -2.63. The van der Waals surface area contributed by atoms with Gasteiger partial charge in [0.15, 0.2) is 23.1 Å². The molecule has 0 saturated heterocycles. The molecule has 0 amide bonds. The highest BCUT2D eigenvalue weighted by Gasteiger charge is 2.15. The molecule has 0 saturated carbocycles. The summed E-state index contributed by atoms with van der Waals surface area (Å²) in [5.41, 5.74) is -0.741. The molecule has 1 aromatic heterocycles. The number of aromatic carboxylic acids is 2. The van der Waals surface area contributed by atoms with Crippen LogP contribution < -0.4 is 0 Å². The molecular weight excluding hydrogens is 189 g/mol. The largest absolute Gasteiger partial charge is 0.478 e. The van der Waals surface area contributed by atoms with Crippen LogP contribution in [0.3, 0.4) is 0 Å². The van der Waals surface area contributed by atoms with E-state index < -0.39 is 17.6 Å². The lowest BCUT2D eigenvalue weighted by molar-refractivity contribution is 0.0646. The Bertz CT molecular complexity index is 306. The van der Waals surface area contributed by atoms with Gasteiger partial charge in [-0.05, 0) is 12.1 Å². The maximum absolute atomic E-state index is 10.4. The number of rotatable bonds is 2. The van der Waals surface area contributed by atoms with Crippen LogP contribution in [0, 0.1) is 0 Å². The van der Waals surface area contributed by atoms with Crippen LogP contribution in [0.1, 0.15) is 20.8 Å². The zero-order valence-corrected chi connectivity index (χ0v) is 5.89. The number of hydrogen-bond acceptors (Lipinski definition) is 3. The molecule has 0 fully saturated rings. The molecule has 5 nitrogen and oxygen atoms in total. The SMILES string of the molecule is O=C(O)c1cccnc1C(=O)O.[AlH3]. The van der Waals surface area contributed by atoms with Gasteiger partial charge in [-0.25, -0.2) is 14.6 Å². The van der Waals surface area contributed by atoms with Crippen molar-refractivity contribution in [2.24, 2.45) is 0 Å². The van der Waals surface area contributed by atoms with Gasteiger partial charge in [0, 0.05) is 6.20 Å². The average molecular weight is 197 g/mol. The number of carbonyl (C=O) groups is 2. The van der Waals surface area contributed by atoms with Gasteiger partial charge in [-0.2, -0.15) is 0 Å². The second kappa shape index (κ2) is 4.60. The molecule has 0 aliphatic carbocycles. The predicted molar refractivity (Wildman–Crippen MR) is 48.1 cm³/mol. The summed E-state index contributed by atoms with van der Waals surface area (Å²) < 4.78 is 0. The average Bonchev–Trinajstić information content (AvgIpc) is 2.04. The highest BCUT2D eigenvalue weighted by atomic mass is 27.0. The van der Waals surface area contributed by atoms with E-state index in [0.717, 1.165) is 0 Å². The van der Waals surface area contributed by atoms with Crippen LogP contribution in [0.5, 0.6) is 0 Å². The first-order valence-electron chi connectivity index (χ1n) is 3.04. The van der Waals surface area contributed by atoms with Crippen molar-refractivity contribution in [3.8, 4) is 0 Å². The molecule has 1 heterocycles. The standard InChI is InChI=1S/C7H5NO4.Al.3H/c9-6(10)4-2-1-3-8-5(4)7(11)12;;;;/h1-3H,(H,9,10)(H,11,12);;;;. The van der Waals surface area contributed by atoms with E-state index >= 15 is 0 Å². The predicted octanol–water partition coefficient (Wildman–Crippen LogP) is -0.706. The molecule has 0 unspecified atom stereocenters. The summed E-state index contributed by atoms with van der Waals surface area (Å²) in [6.07, 6.45) is 1.23. The molecule has 0 aromatic carbocycles. The van der Waals surface area contributed by atoms with E-state index in [1.54, 1.807) is 0 Å². The second-order valence-corrected chi connectivity index (χ2v) is 2.01. The Balaban J connectivity index is 0.00000144. The monoisotopic (exact) mass is 197 g/mol. The highest BCUT2D eigenvalue weighted by Crippen LogP contribution is 2.04. The molecule has 13 heavy (non-hydrogen) atoms. The van der Waals surface area contributed by atoms with Gasteiger partial charge >= 0.3 is 11.9 Å². The van der Waals surface area contributed by atoms with Crippen molar-refractivity contribution in [1.82, 2.24) is 4.98 Å². The molecule has 0 atom stereocenters. The lowest BCUT2D eigenvalue weighted by Gasteiger charge is -1.97. The minimum atomic E-state index is -1.34. The summed E-state index contributed by atoms with van der Waals surface area (Å²) >= 11 is 0. The molecule has 0 bridgehead atoms. The van der Waals surface area contributed by atoms with Crippen LogP contribution in [0.2, 0.25) is 0 Å². The fourth-order valence-electron chi connectivity index (χ4n) is 0.748. The third kappa shape index (κ3) is 2.54. The topological polar surface area (TPSA) is 87.5 Å². The first-order chi connectivity index (χ1) is 5.63. The molecule has 0 aliphatic rings. The van der Waals surface area contributed by atoms with E-state index in [-0.39, 0.29) is 22.9 Å². The third-order valence-corrected chi connectivity index (χ3v) is 1.24. The minimum absolute atomic E-state index is 0. The molecule has 0 spiro atoms. The number of pyridine rings is 1. The van der Waals surface area contributed by atoms with Gasteiger partial charge in [0.1, 0.15) is 0 Å². The van der Waals surface area contributed by atoms with Gasteiger partial charge in [0.05, 0.1) is 5.56 Å². The fourth-order valence-corrected chi connectivity index (χ4v) is 0.748. The van der Waals surface area contributed by atoms with Crippen molar-refractivity contribution in [2.45, 2.75) is 0 Å². The normalized spacial score (nSPS) is 8.62. The van der Waals surface area contributed by atoms with Crippen molar-refractivity contribution in [3.05, 3.63) is 29.6 Å². The zero-order chi connectivity index (χ0) is 9.14. The molecule has 2 N–H and O–H groups in total. The summed E-state index contributed by atoms with van der Waals surface area (Å²) in [5, 5.41) is 17.0. The highest BCUT2D eigenvalue weighted by molar-refractivity contribution is 5.99. The van der Waals surface area contributed by atoms with Gasteiger partial charge in [-0.1, -0.05) is 0 Å². The van der Waals surface area contributed by atoms with Crippen LogP contribution >= 0.6 is 0 Å². The Kier molecular flexibility index (Phi) is 4.11. The lowest BCUT2D eigenvalue weighted by atomic mass is 10.2. The third-order valence-electron chi connectivity index (χ3n) is 1.24. The summed E-state index contributed by atoms with van der Waals surface area (Å²) in [4.78, 5) is 24.2. The van der Waals surface area contributed by atoms with E-state index in [0.29, 0.717) is 0 Å². The molecule has 1 aromatic rings. The molecule has 0 aliphatic heterocycles. The van der Waals surface area contributed by atoms with E-state index in [1.807, 2.05) is 0 Å². The maximum Gasteiger partial charge on any atom is 0.355 e. The number of carboxylic acids is 2. The lowest BCUT2D eigenvalue weighted by Crippen LogP contribution is -2.09. The Morgan fingerprint density at radius 3 is 2.23 bits per heavy atom. The van der Waals surface area contributed by atoms with Gasteiger partial charge in [0.2, 0.25) is 0 Å². The van der Waals surface area contributed by atoms with Crippen LogP contribution in [0.4, 0.5) is 0 Å². The molecule has 1 rings (SSSR count). The van der Waals surface area contributed by atoms with E-state index in [9.17, 15) is 9.59 Å². The summed E-state index contributed by atoms with van der Waals surface area (Å²) in [7, 11) is 0. The number of aromatic nitrogens is 1. The smallest absolute Gasteiger partial charge is 0.355 e. The first-order valence-corrected chi connectivity index (χ1v) is 3.04. The van der Waals surface area contributed by atoms with Gasteiger partial charge < -0.3 is 10.2 Å². The quantitative estimate of drug-likeness (QED) is 0.612. The van der Waals surface area contributed by atoms with Crippen molar-refractivity contribution in [3.63, 3.8) is 0 Å². The minimum Gasteiger partial charge on any atom is -0.478 e. The van der Waals surface area contributed by atoms with Crippen molar-refractivity contribution in [1.29, 1.82) is 0 Å². The molecule has 0 radical (unpaired) electrons. The Labute approximate surface area is 84.2 Å². The van der Waals surface area contributed by atoms with Gasteiger partial charge in [-0.15, -0.1) is 0 Å². The summed E-state index contributed by atoms with van der Waals surface area (Å²) in [6, 6.07) is 2.56. The number of carboxylic acid groups (broad SMARTS) is 2. The molecular formula is C7H8AlNO4. The molecule has 68 valence electrons. The van der Waals surface area contributed by atoms with Gasteiger partial charge in [-0.3, -0.25) is 0 Å². The molecule has 6 heteroatoms. The van der Waals surface area contributed by atoms with E-state index in [1.165, 1.54) is 18.3 Å². The Morgan fingerprint density at radius 2 is 1.85 bits per heavy atom. The van der Waals surface area contributed by atoms with Crippen LogP contribution in [0.25, 0.3) is 0 Å². The Hall–Kier alpha value is -1.38. The van der Waals surface area contributed by atoms with Crippen molar-refractivity contribution >= 4 is 29.3 Å². The fraction of sp³-hybridized carbons (Fsp3) is 0. The Morgan fingerprint density at radius 1 is 1.23 bits per heavy atom. The van der Waals surface area contributed by atoms with E-state index in [2.05, 4.69) is 4.98 Å². The van der Waals surface area contributed by atoms with Crippen LogP contribution in [0.15, 0.2) is 18.3 Å². The van der Waals surface area contributed by atoms with Crippen LogP contribution in [-0.4, -0.2) is 44.5 Å². The summed E-state index contributed by atoms with van der Waals surface area (Å²) in [6.45, 7) is 0. The number of hydrogen-bond donors (Lipinski definition) is 2. The zero-order valence-electron chi connectivity index (χ0n) is 5.89. The van der Waals surface area contributed by atoms with Gasteiger partial charge in [0.25, 0.3) is 0 Å². The van der Waals surface area contributed by atoms with Crippen molar-refractivity contribution < 1.29 is 19.8 Å².